The minimum absolute atomic E-state index is 0.0117. The molecular formula is C14H21N3O2. The van der Waals surface area contributed by atoms with Gasteiger partial charge in [0.05, 0.1) is 19.3 Å². The number of hydrogen-bond donors (Lipinski definition) is 2. The Bertz CT molecular complexity index is 436. The number of ether oxygens (including phenoxy) is 1. The van der Waals surface area contributed by atoms with Crippen molar-refractivity contribution in [2.24, 2.45) is 0 Å². The van der Waals surface area contributed by atoms with Crippen molar-refractivity contribution in [2.75, 3.05) is 37.3 Å². The predicted molar refractivity (Wildman–Crippen MR) is 76.0 cm³/mol. The standard InChI is InChI=1S/C14H21N3O2/c1-2-13-9-17(6-7-19-13)10-14(18)16-12-5-3-4-11(15)8-12/h3-5,8,13H,2,6-7,9-10,15H2,1H3,(H,16,18). The first-order valence-electron chi connectivity index (χ1n) is 6.66. The normalized spacial score (nSPS) is 20.2. The Balaban J connectivity index is 1.84. The molecule has 1 atom stereocenters. The van der Waals surface area contributed by atoms with Crippen LogP contribution < -0.4 is 11.1 Å². The summed E-state index contributed by atoms with van der Waals surface area (Å²) in [7, 11) is 0. The van der Waals surface area contributed by atoms with Crippen LogP contribution in [0, 0.1) is 0 Å². The molecule has 3 N–H and O–H groups in total. The molecule has 0 radical (unpaired) electrons. The average molecular weight is 263 g/mol. The van der Waals surface area contributed by atoms with E-state index in [1.165, 1.54) is 0 Å². The predicted octanol–water partition coefficient (Wildman–Crippen LogP) is 1.32. The summed E-state index contributed by atoms with van der Waals surface area (Å²) in [6.07, 6.45) is 1.22. The van der Waals surface area contributed by atoms with E-state index in [9.17, 15) is 4.79 Å². The lowest BCUT2D eigenvalue weighted by molar-refractivity contribution is -0.119. The molecule has 1 aliphatic rings. The number of rotatable bonds is 4. The van der Waals surface area contributed by atoms with Crippen molar-refractivity contribution in [1.29, 1.82) is 0 Å². The van der Waals surface area contributed by atoms with Crippen LogP contribution in [0.5, 0.6) is 0 Å². The van der Waals surface area contributed by atoms with Crippen LogP contribution in [0.4, 0.5) is 11.4 Å². The number of hydrogen-bond acceptors (Lipinski definition) is 4. The van der Waals surface area contributed by atoms with Gasteiger partial charge in [-0.1, -0.05) is 13.0 Å². The highest BCUT2D eigenvalue weighted by Crippen LogP contribution is 2.12. The third-order valence-electron chi connectivity index (χ3n) is 3.22. The van der Waals surface area contributed by atoms with Crippen molar-refractivity contribution in [2.45, 2.75) is 19.4 Å². The number of nitrogens with one attached hydrogen (secondary N) is 1. The number of nitrogen functional groups attached to an aromatic ring is 1. The van der Waals surface area contributed by atoms with Gasteiger partial charge in [-0.15, -0.1) is 0 Å². The van der Waals surface area contributed by atoms with Gasteiger partial charge in [0.25, 0.3) is 0 Å². The van der Waals surface area contributed by atoms with Gasteiger partial charge < -0.3 is 15.8 Å². The molecule has 0 aromatic heterocycles. The molecule has 0 saturated carbocycles. The molecule has 1 fully saturated rings. The Kier molecular flexibility index (Phi) is 4.76. The highest BCUT2D eigenvalue weighted by atomic mass is 16.5. The van der Waals surface area contributed by atoms with Gasteiger partial charge in [-0.2, -0.15) is 0 Å². The van der Waals surface area contributed by atoms with Crippen molar-refractivity contribution in [3.8, 4) is 0 Å². The number of anilines is 2. The van der Waals surface area contributed by atoms with E-state index >= 15 is 0 Å². The molecule has 19 heavy (non-hydrogen) atoms. The second-order valence-electron chi connectivity index (χ2n) is 4.81. The van der Waals surface area contributed by atoms with Crippen molar-refractivity contribution < 1.29 is 9.53 Å². The van der Waals surface area contributed by atoms with Gasteiger partial charge in [0.1, 0.15) is 0 Å². The van der Waals surface area contributed by atoms with E-state index in [4.69, 9.17) is 10.5 Å². The molecule has 5 heteroatoms. The molecule has 0 aliphatic carbocycles. The maximum atomic E-state index is 12.0. The number of morpholine rings is 1. The van der Waals surface area contributed by atoms with Crippen LogP contribution in [0.25, 0.3) is 0 Å². The van der Waals surface area contributed by atoms with Crippen molar-refractivity contribution in [1.82, 2.24) is 4.90 Å². The lowest BCUT2D eigenvalue weighted by atomic mass is 10.2. The van der Waals surface area contributed by atoms with Gasteiger partial charge in [0, 0.05) is 24.5 Å². The van der Waals surface area contributed by atoms with E-state index < -0.39 is 0 Å². The summed E-state index contributed by atoms with van der Waals surface area (Å²) in [5.41, 5.74) is 7.07. The number of amides is 1. The zero-order chi connectivity index (χ0) is 13.7. The van der Waals surface area contributed by atoms with Crippen LogP contribution in [0.3, 0.4) is 0 Å². The highest BCUT2D eigenvalue weighted by Gasteiger charge is 2.20. The van der Waals surface area contributed by atoms with Crippen LogP contribution in [0.1, 0.15) is 13.3 Å². The van der Waals surface area contributed by atoms with Crippen LogP contribution in [0.2, 0.25) is 0 Å². The van der Waals surface area contributed by atoms with Gasteiger partial charge in [-0.05, 0) is 24.6 Å². The van der Waals surface area contributed by atoms with Crippen LogP contribution in [0.15, 0.2) is 24.3 Å². The van der Waals surface area contributed by atoms with Crippen molar-refractivity contribution in [3.05, 3.63) is 24.3 Å². The highest BCUT2D eigenvalue weighted by molar-refractivity contribution is 5.92. The summed E-state index contributed by atoms with van der Waals surface area (Å²) >= 11 is 0. The molecule has 1 unspecified atom stereocenters. The van der Waals surface area contributed by atoms with Gasteiger partial charge >= 0.3 is 0 Å². The molecule has 1 aromatic carbocycles. The van der Waals surface area contributed by atoms with Gasteiger partial charge in [-0.25, -0.2) is 0 Å². The first-order chi connectivity index (χ1) is 9.17. The van der Waals surface area contributed by atoms with E-state index in [1.54, 1.807) is 12.1 Å². The Morgan fingerprint density at radius 2 is 2.42 bits per heavy atom. The van der Waals surface area contributed by atoms with E-state index in [0.717, 1.165) is 25.2 Å². The fourth-order valence-corrected chi connectivity index (χ4v) is 2.19. The quantitative estimate of drug-likeness (QED) is 0.804. The second kappa shape index (κ2) is 6.54. The molecule has 1 aliphatic heterocycles. The summed E-state index contributed by atoms with van der Waals surface area (Å²) in [4.78, 5) is 14.1. The molecule has 104 valence electrons. The Morgan fingerprint density at radius 3 is 3.16 bits per heavy atom. The zero-order valence-corrected chi connectivity index (χ0v) is 11.3. The Morgan fingerprint density at radius 1 is 1.58 bits per heavy atom. The first-order valence-corrected chi connectivity index (χ1v) is 6.66. The number of carbonyl (C=O) groups excluding carboxylic acids is 1. The molecule has 1 aromatic rings. The van der Waals surface area contributed by atoms with E-state index in [1.807, 2.05) is 12.1 Å². The molecule has 1 saturated heterocycles. The van der Waals surface area contributed by atoms with Crippen molar-refractivity contribution in [3.63, 3.8) is 0 Å². The minimum atomic E-state index is -0.0117. The molecule has 1 amide bonds. The molecule has 1 heterocycles. The van der Waals surface area contributed by atoms with Crippen LogP contribution in [-0.4, -0.2) is 43.2 Å². The fourth-order valence-electron chi connectivity index (χ4n) is 2.19. The second-order valence-corrected chi connectivity index (χ2v) is 4.81. The minimum Gasteiger partial charge on any atom is -0.399 e. The molecule has 0 bridgehead atoms. The van der Waals surface area contributed by atoms with E-state index in [0.29, 0.717) is 18.8 Å². The van der Waals surface area contributed by atoms with Crippen molar-refractivity contribution >= 4 is 17.3 Å². The van der Waals surface area contributed by atoms with Gasteiger partial charge in [0.15, 0.2) is 0 Å². The molecule has 2 rings (SSSR count). The summed E-state index contributed by atoms with van der Waals surface area (Å²) < 4.78 is 5.58. The lowest BCUT2D eigenvalue weighted by Gasteiger charge is -2.31. The Hall–Kier alpha value is -1.59. The smallest absolute Gasteiger partial charge is 0.238 e. The monoisotopic (exact) mass is 263 g/mol. The number of carbonyl (C=O) groups is 1. The zero-order valence-electron chi connectivity index (χ0n) is 11.3. The van der Waals surface area contributed by atoms with Gasteiger partial charge in [-0.3, -0.25) is 9.69 Å². The summed E-state index contributed by atoms with van der Waals surface area (Å²) in [5.74, 6) is -0.0117. The third kappa shape index (κ3) is 4.22. The average Bonchev–Trinajstić information content (AvgIpc) is 2.38. The Labute approximate surface area is 113 Å². The molecule has 0 spiro atoms. The molecular weight excluding hydrogens is 242 g/mol. The number of benzene rings is 1. The van der Waals surface area contributed by atoms with Crippen LogP contribution >= 0.6 is 0 Å². The fraction of sp³-hybridized carbons (Fsp3) is 0.500. The first kappa shape index (κ1) is 13.8. The largest absolute Gasteiger partial charge is 0.399 e. The lowest BCUT2D eigenvalue weighted by Crippen LogP contribution is -2.45. The number of nitrogens with two attached hydrogens (primary N) is 1. The van der Waals surface area contributed by atoms with Crippen LogP contribution in [-0.2, 0) is 9.53 Å². The maximum absolute atomic E-state index is 12.0. The third-order valence-corrected chi connectivity index (χ3v) is 3.22. The molecule has 5 nitrogen and oxygen atoms in total. The van der Waals surface area contributed by atoms with E-state index in [2.05, 4.69) is 17.1 Å². The maximum Gasteiger partial charge on any atom is 0.238 e. The summed E-state index contributed by atoms with van der Waals surface area (Å²) in [5, 5.41) is 2.86. The summed E-state index contributed by atoms with van der Waals surface area (Å²) in [6.45, 7) is 4.82. The SMILES string of the molecule is CCC1CN(CC(=O)Nc2cccc(N)c2)CCO1. The topological polar surface area (TPSA) is 67.6 Å². The number of nitrogens with zero attached hydrogens (tertiary/aromatic N) is 1. The van der Waals surface area contributed by atoms with Gasteiger partial charge in [0.2, 0.25) is 5.91 Å². The van der Waals surface area contributed by atoms with E-state index in [-0.39, 0.29) is 12.0 Å². The summed E-state index contributed by atoms with van der Waals surface area (Å²) in [6, 6.07) is 7.21.